The van der Waals surface area contributed by atoms with Crippen LogP contribution in [0.2, 0.25) is 0 Å². The van der Waals surface area contributed by atoms with Crippen LogP contribution in [0.25, 0.3) is 0 Å². The number of halogens is 3. The molecule has 2 aliphatic heterocycles. The van der Waals surface area contributed by atoms with Crippen LogP contribution in [0.4, 0.5) is 13.2 Å². The number of fused-ring (bicyclic) bond motifs is 1. The average Bonchev–Trinajstić information content (AvgIpc) is 2.98. The van der Waals surface area contributed by atoms with E-state index in [-0.39, 0.29) is 18.7 Å². The second kappa shape index (κ2) is 5.65. The molecule has 1 aromatic carbocycles. The molecular formula is C17H21F3N2O2. The van der Waals surface area contributed by atoms with Crippen LogP contribution in [0.5, 0.6) is 5.75 Å². The molecule has 1 saturated heterocycles. The highest BCUT2D eigenvalue weighted by molar-refractivity contribution is 5.77. The van der Waals surface area contributed by atoms with E-state index in [1.165, 1.54) is 0 Å². The molecule has 2 N–H and O–H groups in total. The molecule has 24 heavy (non-hydrogen) atoms. The lowest BCUT2D eigenvalue weighted by Crippen LogP contribution is -2.37. The number of alkyl halides is 3. The van der Waals surface area contributed by atoms with Crippen molar-refractivity contribution in [2.24, 2.45) is 17.6 Å². The number of benzene rings is 1. The minimum atomic E-state index is -4.43. The number of nitrogens with zero attached hydrogens (tertiary/aromatic N) is 1. The van der Waals surface area contributed by atoms with Crippen LogP contribution in [-0.2, 0) is 17.8 Å². The Morgan fingerprint density at radius 2 is 2.08 bits per heavy atom. The fourth-order valence-electron chi connectivity index (χ4n) is 3.68. The molecule has 2 aliphatic rings. The fourth-order valence-corrected chi connectivity index (χ4v) is 3.68. The minimum absolute atomic E-state index is 0.0204. The second-order valence-electron chi connectivity index (χ2n) is 7.29. The van der Waals surface area contributed by atoms with Gasteiger partial charge < -0.3 is 10.5 Å². The lowest BCUT2D eigenvalue weighted by molar-refractivity contribution is -0.182. The van der Waals surface area contributed by atoms with Gasteiger partial charge in [-0.1, -0.05) is 18.2 Å². The maximum Gasteiger partial charge on any atom is 0.393 e. The summed E-state index contributed by atoms with van der Waals surface area (Å²) in [5.41, 5.74) is 6.78. The number of primary amides is 1. The van der Waals surface area contributed by atoms with Gasteiger partial charge in [0.05, 0.1) is 11.8 Å². The normalized spacial score (nSPS) is 26.2. The summed E-state index contributed by atoms with van der Waals surface area (Å²) in [5.74, 6) is -3.03. The van der Waals surface area contributed by atoms with Gasteiger partial charge in [0, 0.05) is 31.6 Å². The number of likely N-dealkylation sites (tertiary alicyclic amines) is 1. The smallest absolute Gasteiger partial charge is 0.393 e. The van der Waals surface area contributed by atoms with Crippen molar-refractivity contribution < 1.29 is 22.7 Å². The predicted octanol–water partition coefficient (Wildman–Crippen LogP) is 2.50. The lowest BCUT2D eigenvalue weighted by Gasteiger charge is -2.21. The average molecular weight is 342 g/mol. The molecule has 0 radical (unpaired) electrons. The van der Waals surface area contributed by atoms with Crippen LogP contribution in [-0.4, -0.2) is 35.7 Å². The Hall–Kier alpha value is -1.76. The first-order chi connectivity index (χ1) is 11.1. The van der Waals surface area contributed by atoms with Gasteiger partial charge >= 0.3 is 6.18 Å². The van der Waals surface area contributed by atoms with E-state index in [0.29, 0.717) is 6.54 Å². The minimum Gasteiger partial charge on any atom is -0.487 e. The van der Waals surface area contributed by atoms with Crippen molar-refractivity contribution in [3.05, 3.63) is 29.3 Å². The summed E-state index contributed by atoms with van der Waals surface area (Å²) in [7, 11) is 0. The predicted molar refractivity (Wildman–Crippen MR) is 82.4 cm³/mol. The highest BCUT2D eigenvalue weighted by Gasteiger charge is 2.51. The molecule has 0 bridgehead atoms. The van der Waals surface area contributed by atoms with Crippen LogP contribution >= 0.6 is 0 Å². The molecule has 2 atom stereocenters. The van der Waals surface area contributed by atoms with E-state index in [1.807, 2.05) is 32.0 Å². The number of hydrogen-bond acceptors (Lipinski definition) is 3. The molecule has 0 aromatic heterocycles. The zero-order chi connectivity index (χ0) is 17.7. The first-order valence-electron chi connectivity index (χ1n) is 7.95. The summed E-state index contributed by atoms with van der Waals surface area (Å²) in [6, 6.07) is 5.73. The molecule has 0 spiro atoms. The number of para-hydroxylation sites is 1. The van der Waals surface area contributed by atoms with E-state index in [9.17, 15) is 18.0 Å². The van der Waals surface area contributed by atoms with Gasteiger partial charge in [0.25, 0.3) is 0 Å². The van der Waals surface area contributed by atoms with Gasteiger partial charge in [-0.2, -0.15) is 13.2 Å². The van der Waals surface area contributed by atoms with Crippen LogP contribution < -0.4 is 10.5 Å². The van der Waals surface area contributed by atoms with Crippen LogP contribution in [0.15, 0.2) is 18.2 Å². The van der Waals surface area contributed by atoms with Crippen molar-refractivity contribution in [3.63, 3.8) is 0 Å². The molecule has 132 valence electrons. The molecule has 2 heterocycles. The Kier molecular flexibility index (Phi) is 4.02. The van der Waals surface area contributed by atoms with Crippen LogP contribution in [0, 0.1) is 11.8 Å². The number of carbonyl (C=O) groups excluding carboxylic acids is 1. The summed E-state index contributed by atoms with van der Waals surface area (Å²) in [6.45, 7) is 4.08. The standard InChI is InChI=1S/C17H21F3N2O2/c1-16(2)6-10-4-3-5-11(14(10)24-16)7-22-8-12(15(21)23)13(9-22)17(18,19)20/h3-5,12-13H,6-9H2,1-2H3,(H2,21,23)/t12-,13-/m1/s1. The molecule has 3 rings (SSSR count). The summed E-state index contributed by atoms with van der Waals surface area (Å²) in [6.07, 6.45) is -3.66. The largest absolute Gasteiger partial charge is 0.487 e. The zero-order valence-electron chi connectivity index (χ0n) is 13.7. The third-order valence-electron chi connectivity index (χ3n) is 4.75. The second-order valence-corrected chi connectivity index (χ2v) is 7.29. The summed E-state index contributed by atoms with van der Waals surface area (Å²) in [4.78, 5) is 13.0. The zero-order valence-corrected chi connectivity index (χ0v) is 13.7. The van der Waals surface area contributed by atoms with Gasteiger partial charge in [0.1, 0.15) is 11.4 Å². The lowest BCUT2D eigenvalue weighted by atomic mass is 9.95. The highest BCUT2D eigenvalue weighted by Crippen LogP contribution is 2.41. The van der Waals surface area contributed by atoms with E-state index in [1.54, 1.807) is 4.90 Å². The van der Waals surface area contributed by atoms with Crippen molar-refractivity contribution in [2.75, 3.05) is 13.1 Å². The first kappa shape index (κ1) is 17.1. The van der Waals surface area contributed by atoms with Gasteiger partial charge in [-0.3, -0.25) is 9.69 Å². The van der Waals surface area contributed by atoms with Gasteiger partial charge in [-0.05, 0) is 19.4 Å². The number of hydrogen-bond donors (Lipinski definition) is 1. The molecule has 1 amide bonds. The third kappa shape index (κ3) is 3.22. The van der Waals surface area contributed by atoms with Crippen molar-refractivity contribution in [2.45, 2.75) is 38.6 Å². The summed E-state index contributed by atoms with van der Waals surface area (Å²) < 4.78 is 45.4. The van der Waals surface area contributed by atoms with Crippen molar-refractivity contribution in [3.8, 4) is 5.75 Å². The third-order valence-corrected chi connectivity index (χ3v) is 4.75. The Labute approximate surface area is 138 Å². The van der Waals surface area contributed by atoms with E-state index in [0.717, 1.165) is 23.3 Å². The van der Waals surface area contributed by atoms with Crippen LogP contribution in [0.1, 0.15) is 25.0 Å². The fraction of sp³-hybridized carbons (Fsp3) is 0.588. The van der Waals surface area contributed by atoms with E-state index >= 15 is 0 Å². The number of nitrogens with two attached hydrogens (primary N) is 1. The van der Waals surface area contributed by atoms with E-state index < -0.39 is 23.9 Å². The summed E-state index contributed by atoms with van der Waals surface area (Å²) >= 11 is 0. The Morgan fingerprint density at radius 1 is 1.38 bits per heavy atom. The summed E-state index contributed by atoms with van der Waals surface area (Å²) in [5, 5.41) is 0. The quantitative estimate of drug-likeness (QED) is 0.918. The maximum atomic E-state index is 13.1. The molecule has 1 fully saturated rings. The Bertz CT molecular complexity index is 658. The molecule has 0 saturated carbocycles. The number of ether oxygens (including phenoxy) is 1. The molecule has 7 heteroatoms. The molecule has 4 nitrogen and oxygen atoms in total. The number of carbonyl (C=O) groups is 1. The molecule has 0 aliphatic carbocycles. The van der Waals surface area contributed by atoms with E-state index in [4.69, 9.17) is 10.5 Å². The Morgan fingerprint density at radius 3 is 2.67 bits per heavy atom. The molecular weight excluding hydrogens is 321 g/mol. The van der Waals surface area contributed by atoms with Crippen molar-refractivity contribution >= 4 is 5.91 Å². The van der Waals surface area contributed by atoms with Crippen molar-refractivity contribution in [1.29, 1.82) is 0 Å². The first-order valence-corrected chi connectivity index (χ1v) is 7.95. The number of rotatable bonds is 3. The molecule has 1 aromatic rings. The van der Waals surface area contributed by atoms with E-state index in [2.05, 4.69) is 0 Å². The molecule has 0 unspecified atom stereocenters. The van der Waals surface area contributed by atoms with Gasteiger partial charge in [-0.25, -0.2) is 0 Å². The van der Waals surface area contributed by atoms with Gasteiger partial charge in [-0.15, -0.1) is 0 Å². The highest BCUT2D eigenvalue weighted by atomic mass is 19.4. The van der Waals surface area contributed by atoms with Crippen molar-refractivity contribution in [1.82, 2.24) is 4.90 Å². The van der Waals surface area contributed by atoms with Gasteiger partial charge in [0.15, 0.2) is 0 Å². The maximum absolute atomic E-state index is 13.1. The Balaban J connectivity index is 1.79. The monoisotopic (exact) mass is 342 g/mol. The topological polar surface area (TPSA) is 55.6 Å². The van der Waals surface area contributed by atoms with Gasteiger partial charge in [0.2, 0.25) is 5.91 Å². The number of amides is 1. The SMILES string of the molecule is CC1(C)Cc2cccc(CN3C[C@@H](C(F)(F)F)[C@H](C(N)=O)C3)c2O1. The van der Waals surface area contributed by atoms with Crippen LogP contribution in [0.3, 0.4) is 0 Å².